The average molecular weight is 278 g/mol. The minimum absolute atomic E-state index is 0.463. The zero-order valence-electron chi connectivity index (χ0n) is 11.6. The summed E-state index contributed by atoms with van der Waals surface area (Å²) < 4.78 is 0. The highest BCUT2D eigenvalue weighted by molar-refractivity contribution is 7.98. The van der Waals surface area contributed by atoms with E-state index in [-0.39, 0.29) is 0 Å². The monoisotopic (exact) mass is 278 g/mol. The predicted octanol–water partition coefficient (Wildman–Crippen LogP) is 5.21. The molecule has 0 heterocycles. The van der Waals surface area contributed by atoms with Crippen molar-refractivity contribution in [3.05, 3.63) is 89.5 Å². The number of allylic oxidation sites excluding steroid dienone is 4. The zero-order valence-corrected chi connectivity index (χ0v) is 12.4. The molecule has 0 spiro atoms. The van der Waals surface area contributed by atoms with Gasteiger partial charge in [-0.2, -0.15) is 0 Å². The maximum Gasteiger partial charge on any atom is 0.0204 e. The lowest BCUT2D eigenvalue weighted by atomic mass is 9.97. The minimum atomic E-state index is 0.463. The van der Waals surface area contributed by atoms with Crippen LogP contribution in [0, 0.1) is 0 Å². The summed E-state index contributed by atoms with van der Waals surface area (Å²) in [4.78, 5) is 1.32. The van der Waals surface area contributed by atoms with Gasteiger partial charge in [-0.1, -0.05) is 60.7 Å². The van der Waals surface area contributed by atoms with E-state index in [2.05, 4.69) is 79.1 Å². The van der Waals surface area contributed by atoms with Crippen LogP contribution in [0.15, 0.2) is 77.7 Å². The van der Waals surface area contributed by atoms with Crippen LogP contribution in [0.1, 0.15) is 22.6 Å². The van der Waals surface area contributed by atoms with Gasteiger partial charge in [-0.15, -0.1) is 11.8 Å². The predicted molar refractivity (Wildman–Crippen MR) is 88.5 cm³/mol. The van der Waals surface area contributed by atoms with Crippen molar-refractivity contribution in [1.82, 2.24) is 0 Å². The van der Waals surface area contributed by atoms with Crippen molar-refractivity contribution in [2.24, 2.45) is 0 Å². The van der Waals surface area contributed by atoms with E-state index in [4.69, 9.17) is 0 Å². The molecule has 0 atom stereocenters. The summed E-state index contributed by atoms with van der Waals surface area (Å²) in [6.07, 6.45) is 11.8. The van der Waals surface area contributed by atoms with Gasteiger partial charge in [0, 0.05) is 10.8 Å². The molecule has 2 aromatic rings. The first-order valence-electron chi connectivity index (χ1n) is 6.92. The van der Waals surface area contributed by atoms with E-state index in [0.717, 1.165) is 6.42 Å². The molecule has 3 rings (SSSR count). The van der Waals surface area contributed by atoms with Crippen molar-refractivity contribution in [1.29, 1.82) is 0 Å². The van der Waals surface area contributed by atoms with Crippen LogP contribution >= 0.6 is 11.8 Å². The fourth-order valence-corrected chi connectivity index (χ4v) is 2.90. The first-order chi connectivity index (χ1) is 9.85. The standard InChI is InChI=1S/C19H18S/c1-20-19-12-8-16(9-13-19)14-15-6-10-18(11-7-15)17-4-2-3-5-17/h2-13,17H,14H2,1H3. The average Bonchev–Trinajstić information content (AvgIpc) is 3.03. The topological polar surface area (TPSA) is 0 Å². The van der Waals surface area contributed by atoms with E-state index in [9.17, 15) is 0 Å². The van der Waals surface area contributed by atoms with E-state index in [0.29, 0.717) is 5.92 Å². The van der Waals surface area contributed by atoms with Crippen LogP contribution in [0.25, 0.3) is 0 Å². The first kappa shape index (κ1) is 13.3. The molecule has 0 bridgehead atoms. The van der Waals surface area contributed by atoms with Gasteiger partial charge in [0.05, 0.1) is 0 Å². The van der Waals surface area contributed by atoms with Gasteiger partial charge >= 0.3 is 0 Å². The first-order valence-corrected chi connectivity index (χ1v) is 8.14. The summed E-state index contributed by atoms with van der Waals surface area (Å²) in [6.45, 7) is 0. The van der Waals surface area contributed by atoms with Crippen LogP contribution in [-0.2, 0) is 6.42 Å². The summed E-state index contributed by atoms with van der Waals surface area (Å²) >= 11 is 1.79. The third-order valence-electron chi connectivity index (χ3n) is 3.68. The fourth-order valence-electron chi connectivity index (χ4n) is 2.49. The molecule has 2 aromatic carbocycles. The van der Waals surface area contributed by atoms with Crippen molar-refractivity contribution in [2.75, 3.05) is 6.26 Å². The molecule has 0 saturated carbocycles. The Hall–Kier alpha value is -1.73. The van der Waals surface area contributed by atoms with Gasteiger partial charge in [0.2, 0.25) is 0 Å². The molecule has 0 amide bonds. The van der Waals surface area contributed by atoms with Gasteiger partial charge in [-0.25, -0.2) is 0 Å². The summed E-state index contributed by atoms with van der Waals surface area (Å²) in [5, 5.41) is 0. The maximum atomic E-state index is 2.25. The Balaban J connectivity index is 1.71. The second kappa shape index (κ2) is 6.15. The number of hydrogen-bond donors (Lipinski definition) is 0. The Morgan fingerprint density at radius 3 is 1.90 bits per heavy atom. The Labute approximate surface area is 125 Å². The molecule has 20 heavy (non-hydrogen) atoms. The number of benzene rings is 2. The summed E-state index contributed by atoms with van der Waals surface area (Å²) in [5.41, 5.74) is 4.12. The van der Waals surface area contributed by atoms with E-state index >= 15 is 0 Å². The van der Waals surface area contributed by atoms with Crippen LogP contribution in [0.3, 0.4) is 0 Å². The van der Waals surface area contributed by atoms with Gasteiger partial charge < -0.3 is 0 Å². The second-order valence-electron chi connectivity index (χ2n) is 5.06. The molecule has 0 radical (unpaired) electrons. The zero-order chi connectivity index (χ0) is 13.8. The highest BCUT2D eigenvalue weighted by Crippen LogP contribution is 2.24. The number of thioether (sulfide) groups is 1. The normalized spacial score (nSPS) is 14.1. The Kier molecular flexibility index (Phi) is 4.08. The molecule has 0 N–H and O–H groups in total. The summed E-state index contributed by atoms with van der Waals surface area (Å²) in [5.74, 6) is 0.463. The van der Waals surface area contributed by atoms with E-state index in [1.54, 1.807) is 11.8 Å². The Morgan fingerprint density at radius 2 is 1.35 bits per heavy atom. The molecule has 0 nitrogen and oxygen atoms in total. The molecular formula is C19H18S. The molecule has 0 fully saturated rings. The van der Waals surface area contributed by atoms with Gasteiger partial charge in [-0.05, 0) is 41.5 Å². The molecule has 0 unspecified atom stereocenters. The van der Waals surface area contributed by atoms with Crippen LogP contribution in [-0.4, -0.2) is 6.26 Å². The lowest BCUT2D eigenvalue weighted by molar-refractivity contribution is 1.09. The Morgan fingerprint density at radius 1 is 0.800 bits per heavy atom. The lowest BCUT2D eigenvalue weighted by Crippen LogP contribution is -1.92. The largest absolute Gasteiger partial charge is 0.130 e. The van der Waals surface area contributed by atoms with E-state index in [1.807, 2.05) is 0 Å². The fraction of sp³-hybridized carbons (Fsp3) is 0.158. The number of rotatable bonds is 4. The lowest BCUT2D eigenvalue weighted by Gasteiger charge is -2.08. The smallest absolute Gasteiger partial charge is 0.0204 e. The number of hydrogen-bond acceptors (Lipinski definition) is 1. The van der Waals surface area contributed by atoms with Crippen LogP contribution in [0.5, 0.6) is 0 Å². The van der Waals surface area contributed by atoms with Gasteiger partial charge in [0.15, 0.2) is 0 Å². The van der Waals surface area contributed by atoms with Crippen LogP contribution in [0.2, 0.25) is 0 Å². The second-order valence-corrected chi connectivity index (χ2v) is 5.94. The summed E-state index contributed by atoms with van der Waals surface area (Å²) in [7, 11) is 0. The van der Waals surface area contributed by atoms with Crippen molar-refractivity contribution >= 4 is 11.8 Å². The molecule has 1 aliphatic rings. The van der Waals surface area contributed by atoms with E-state index < -0.39 is 0 Å². The molecule has 0 aliphatic heterocycles. The maximum absolute atomic E-state index is 2.25. The van der Waals surface area contributed by atoms with Crippen LogP contribution < -0.4 is 0 Å². The van der Waals surface area contributed by atoms with Crippen molar-refractivity contribution in [3.8, 4) is 0 Å². The minimum Gasteiger partial charge on any atom is -0.130 e. The molecule has 1 aliphatic carbocycles. The van der Waals surface area contributed by atoms with Crippen molar-refractivity contribution in [3.63, 3.8) is 0 Å². The van der Waals surface area contributed by atoms with Crippen molar-refractivity contribution < 1.29 is 0 Å². The van der Waals surface area contributed by atoms with Crippen LogP contribution in [0.4, 0.5) is 0 Å². The molecule has 100 valence electrons. The van der Waals surface area contributed by atoms with E-state index in [1.165, 1.54) is 21.6 Å². The molecule has 0 saturated heterocycles. The van der Waals surface area contributed by atoms with Gasteiger partial charge in [0.25, 0.3) is 0 Å². The van der Waals surface area contributed by atoms with Gasteiger partial charge in [0.1, 0.15) is 0 Å². The SMILES string of the molecule is CSc1ccc(Cc2ccc(C3C=CC=C3)cc2)cc1. The molecule has 1 heteroatoms. The summed E-state index contributed by atoms with van der Waals surface area (Å²) in [6, 6.07) is 17.8. The van der Waals surface area contributed by atoms with Gasteiger partial charge in [-0.3, -0.25) is 0 Å². The molecular weight excluding hydrogens is 260 g/mol. The third-order valence-corrected chi connectivity index (χ3v) is 4.42. The van der Waals surface area contributed by atoms with Crippen molar-refractivity contribution in [2.45, 2.75) is 17.2 Å². The quantitative estimate of drug-likeness (QED) is 0.692. The highest BCUT2D eigenvalue weighted by atomic mass is 32.2. The highest BCUT2D eigenvalue weighted by Gasteiger charge is 2.06. The third kappa shape index (κ3) is 3.05. The molecule has 0 aromatic heterocycles. The Bertz CT molecular complexity index is 606.